The van der Waals surface area contributed by atoms with E-state index in [2.05, 4.69) is 6.92 Å². The largest absolute Gasteiger partial charge is 0.394 e. The van der Waals surface area contributed by atoms with E-state index in [-0.39, 0.29) is 6.61 Å². The minimum Gasteiger partial charge on any atom is -0.394 e. The first kappa shape index (κ1) is 29.5. The SMILES string of the molecule is CCCCCCCCCCCCCC=C[C@@H](O)[C@@H](N)CO[C@@H]1O[C@H](CO)[C@@H](O)C(O)C1O. The number of hydrogen-bond donors (Lipinski definition) is 6. The zero-order chi connectivity index (χ0) is 23.8. The van der Waals surface area contributed by atoms with Crippen molar-refractivity contribution in [1.82, 2.24) is 0 Å². The topological polar surface area (TPSA) is 146 Å². The smallest absolute Gasteiger partial charge is 0.186 e. The van der Waals surface area contributed by atoms with Gasteiger partial charge in [-0.25, -0.2) is 0 Å². The molecule has 2 unspecified atom stereocenters. The van der Waals surface area contributed by atoms with Crippen LogP contribution in [0.2, 0.25) is 0 Å². The van der Waals surface area contributed by atoms with Crippen LogP contribution < -0.4 is 5.73 Å². The molecule has 1 heterocycles. The van der Waals surface area contributed by atoms with Gasteiger partial charge in [-0.1, -0.05) is 83.3 Å². The van der Waals surface area contributed by atoms with Crippen molar-refractivity contribution < 1.29 is 35.0 Å². The fourth-order valence-electron chi connectivity index (χ4n) is 3.81. The van der Waals surface area contributed by atoms with E-state index in [0.717, 1.165) is 12.8 Å². The second-order valence-corrected chi connectivity index (χ2v) is 8.94. The normalized spacial score (nSPS) is 28.3. The Morgan fingerprint density at radius 1 is 0.875 bits per heavy atom. The number of unbranched alkanes of at least 4 members (excludes halogenated alkanes) is 11. The number of allylic oxidation sites excluding steroid dienone is 1. The van der Waals surface area contributed by atoms with Gasteiger partial charge in [-0.15, -0.1) is 0 Å². The van der Waals surface area contributed by atoms with Gasteiger partial charge in [0.25, 0.3) is 0 Å². The molecule has 0 amide bonds. The third kappa shape index (κ3) is 11.5. The highest BCUT2D eigenvalue weighted by Gasteiger charge is 2.44. The molecule has 32 heavy (non-hydrogen) atoms. The summed E-state index contributed by atoms with van der Waals surface area (Å²) in [6, 6.07) is -0.740. The van der Waals surface area contributed by atoms with Crippen molar-refractivity contribution in [2.24, 2.45) is 5.73 Å². The minimum atomic E-state index is -1.50. The highest BCUT2D eigenvalue weighted by Crippen LogP contribution is 2.22. The molecule has 1 fully saturated rings. The fraction of sp³-hybridized carbons (Fsp3) is 0.917. The summed E-state index contributed by atoms with van der Waals surface area (Å²) in [6.07, 6.45) is 11.1. The molecular formula is C24H47NO7. The number of ether oxygens (including phenoxy) is 2. The van der Waals surface area contributed by atoms with Crippen LogP contribution in [0.1, 0.15) is 84.0 Å². The van der Waals surface area contributed by atoms with Gasteiger partial charge in [-0.05, 0) is 12.8 Å². The lowest BCUT2D eigenvalue weighted by Crippen LogP contribution is -2.59. The molecule has 0 aromatic heterocycles. The Morgan fingerprint density at radius 3 is 2.00 bits per heavy atom. The van der Waals surface area contributed by atoms with Gasteiger partial charge in [0.2, 0.25) is 0 Å². The van der Waals surface area contributed by atoms with Gasteiger partial charge in [0.1, 0.15) is 24.4 Å². The first-order valence-corrected chi connectivity index (χ1v) is 12.4. The molecule has 1 aliphatic rings. The molecule has 7 N–H and O–H groups in total. The van der Waals surface area contributed by atoms with Crippen molar-refractivity contribution in [2.45, 2.75) is 127 Å². The summed E-state index contributed by atoms with van der Waals surface area (Å²) in [5.74, 6) is 0. The van der Waals surface area contributed by atoms with Crippen LogP contribution in [-0.2, 0) is 9.47 Å². The molecule has 0 aliphatic carbocycles. The van der Waals surface area contributed by atoms with Gasteiger partial charge >= 0.3 is 0 Å². The summed E-state index contributed by atoms with van der Waals surface area (Å²) >= 11 is 0. The first-order chi connectivity index (χ1) is 15.4. The van der Waals surface area contributed by atoms with Gasteiger partial charge in [0, 0.05) is 0 Å². The Morgan fingerprint density at radius 2 is 1.44 bits per heavy atom. The quantitative estimate of drug-likeness (QED) is 0.134. The molecule has 190 valence electrons. The molecular weight excluding hydrogens is 414 g/mol. The monoisotopic (exact) mass is 461 g/mol. The van der Waals surface area contributed by atoms with E-state index >= 15 is 0 Å². The second kappa shape index (κ2) is 17.8. The van der Waals surface area contributed by atoms with Crippen molar-refractivity contribution in [3.8, 4) is 0 Å². The van der Waals surface area contributed by atoms with E-state index in [4.69, 9.17) is 15.2 Å². The third-order valence-corrected chi connectivity index (χ3v) is 6.05. The Kier molecular flexibility index (Phi) is 16.4. The van der Waals surface area contributed by atoms with E-state index in [1.165, 1.54) is 64.2 Å². The highest BCUT2D eigenvalue weighted by molar-refractivity contribution is 4.94. The molecule has 0 bridgehead atoms. The van der Waals surface area contributed by atoms with Crippen molar-refractivity contribution in [1.29, 1.82) is 0 Å². The first-order valence-electron chi connectivity index (χ1n) is 12.4. The lowest BCUT2D eigenvalue weighted by Gasteiger charge is -2.39. The van der Waals surface area contributed by atoms with Crippen molar-refractivity contribution in [3.63, 3.8) is 0 Å². The Bertz CT molecular complexity index is 477. The molecule has 0 radical (unpaired) electrons. The molecule has 0 aromatic carbocycles. The summed E-state index contributed by atoms with van der Waals surface area (Å²) in [7, 11) is 0. The van der Waals surface area contributed by atoms with Gasteiger partial charge in [0.05, 0.1) is 25.4 Å². The average molecular weight is 462 g/mol. The number of aliphatic hydroxyl groups is 5. The van der Waals surface area contributed by atoms with Crippen LogP contribution in [0.4, 0.5) is 0 Å². The van der Waals surface area contributed by atoms with Crippen LogP contribution in [0.15, 0.2) is 12.2 Å². The Hall–Kier alpha value is -0.580. The highest BCUT2D eigenvalue weighted by atomic mass is 16.7. The maximum atomic E-state index is 10.2. The van der Waals surface area contributed by atoms with Gasteiger partial charge in [-0.3, -0.25) is 0 Å². The van der Waals surface area contributed by atoms with Crippen molar-refractivity contribution in [3.05, 3.63) is 12.2 Å². The molecule has 0 aromatic rings. The summed E-state index contributed by atoms with van der Waals surface area (Å²) in [6.45, 7) is 1.60. The van der Waals surface area contributed by atoms with E-state index in [1.807, 2.05) is 6.08 Å². The lowest BCUT2D eigenvalue weighted by atomic mass is 9.99. The van der Waals surface area contributed by atoms with E-state index < -0.39 is 49.5 Å². The number of rotatable bonds is 18. The van der Waals surface area contributed by atoms with Crippen LogP contribution in [-0.4, -0.2) is 81.6 Å². The third-order valence-electron chi connectivity index (χ3n) is 6.05. The summed E-state index contributed by atoms with van der Waals surface area (Å²) in [5.41, 5.74) is 5.93. The van der Waals surface area contributed by atoms with Gasteiger partial charge in [0.15, 0.2) is 6.29 Å². The standard InChI is InChI=1S/C24H47NO7/c1-2-3-4-5-6-7-8-9-10-11-12-13-14-15-19(27)18(25)17-31-24-23(30)22(29)21(28)20(16-26)32-24/h14-15,18-24,26-30H,2-13,16-17,25H2,1H3/t18-,19+,20+,21+,22?,23?,24+/m0/s1. The molecule has 0 saturated carbocycles. The lowest BCUT2D eigenvalue weighted by molar-refractivity contribution is -0.302. The molecule has 7 atom stereocenters. The maximum absolute atomic E-state index is 10.2. The molecule has 1 saturated heterocycles. The van der Waals surface area contributed by atoms with Crippen LogP contribution in [0.5, 0.6) is 0 Å². The zero-order valence-corrected chi connectivity index (χ0v) is 19.7. The van der Waals surface area contributed by atoms with E-state index in [0.29, 0.717) is 0 Å². The Labute approximate surface area is 193 Å². The molecule has 1 aliphatic heterocycles. The molecule has 8 nitrogen and oxygen atoms in total. The van der Waals surface area contributed by atoms with Gasteiger partial charge < -0.3 is 40.7 Å². The number of nitrogens with two attached hydrogens (primary N) is 1. The molecule has 0 spiro atoms. The van der Waals surface area contributed by atoms with Crippen molar-refractivity contribution in [2.75, 3.05) is 13.2 Å². The number of aliphatic hydroxyl groups excluding tert-OH is 5. The van der Waals surface area contributed by atoms with Crippen LogP contribution in [0.25, 0.3) is 0 Å². The summed E-state index contributed by atoms with van der Waals surface area (Å²) < 4.78 is 10.6. The van der Waals surface area contributed by atoms with Crippen LogP contribution >= 0.6 is 0 Å². The fourth-order valence-corrected chi connectivity index (χ4v) is 3.81. The minimum absolute atomic E-state index is 0.118. The molecule has 1 rings (SSSR count). The zero-order valence-electron chi connectivity index (χ0n) is 19.7. The summed E-state index contributed by atoms with van der Waals surface area (Å²) in [4.78, 5) is 0. The van der Waals surface area contributed by atoms with Crippen molar-refractivity contribution >= 4 is 0 Å². The van der Waals surface area contributed by atoms with Crippen LogP contribution in [0, 0.1) is 0 Å². The maximum Gasteiger partial charge on any atom is 0.186 e. The summed E-state index contributed by atoms with van der Waals surface area (Å²) in [5, 5.41) is 48.8. The van der Waals surface area contributed by atoms with Gasteiger partial charge in [-0.2, -0.15) is 0 Å². The second-order valence-electron chi connectivity index (χ2n) is 8.94. The number of hydrogen-bond acceptors (Lipinski definition) is 8. The van der Waals surface area contributed by atoms with Crippen LogP contribution in [0.3, 0.4) is 0 Å². The van der Waals surface area contributed by atoms with E-state index in [1.54, 1.807) is 6.08 Å². The predicted molar refractivity (Wildman–Crippen MR) is 124 cm³/mol. The average Bonchev–Trinajstić information content (AvgIpc) is 2.79. The predicted octanol–water partition coefficient (Wildman–Crippen LogP) is 1.75. The Balaban J connectivity index is 2.10. The van der Waals surface area contributed by atoms with E-state index in [9.17, 15) is 25.5 Å². The molecule has 8 heteroatoms.